The van der Waals surface area contributed by atoms with Gasteiger partial charge in [-0.15, -0.1) is 0 Å². The zero-order chi connectivity index (χ0) is 34.4. The first-order valence-electron chi connectivity index (χ1n) is 17.6. The molecule has 0 fully saturated rings. The Morgan fingerprint density at radius 1 is 0.423 bits per heavy atom. The molecule has 0 saturated carbocycles. The molecular weight excluding hydrogens is 633 g/mol. The van der Waals surface area contributed by atoms with Gasteiger partial charge in [0.05, 0.1) is 22.4 Å². The van der Waals surface area contributed by atoms with Gasteiger partial charge < -0.3 is 0 Å². The molecule has 0 bridgehead atoms. The minimum absolute atomic E-state index is 0.901. The van der Waals surface area contributed by atoms with Gasteiger partial charge in [-0.3, -0.25) is 8.97 Å². The summed E-state index contributed by atoms with van der Waals surface area (Å²) in [4.78, 5) is 10.5. The van der Waals surface area contributed by atoms with Crippen LogP contribution in [0.4, 0.5) is 0 Å². The van der Waals surface area contributed by atoms with E-state index in [1.807, 2.05) is 6.07 Å². The molecule has 4 heteroatoms. The summed E-state index contributed by atoms with van der Waals surface area (Å²) >= 11 is 0. The van der Waals surface area contributed by atoms with E-state index in [0.717, 1.165) is 73.0 Å². The summed E-state index contributed by atoms with van der Waals surface area (Å²) in [5.41, 5.74) is 13.8. The average Bonchev–Trinajstić information content (AvgIpc) is 3.81. The van der Waals surface area contributed by atoms with Crippen LogP contribution in [0.3, 0.4) is 0 Å². The lowest BCUT2D eigenvalue weighted by molar-refractivity contribution is 1.10. The Morgan fingerprint density at radius 2 is 1.08 bits per heavy atom. The fraction of sp³-hybridized carbons (Fsp3) is 0. The molecule has 0 aliphatic heterocycles. The highest BCUT2D eigenvalue weighted by Crippen LogP contribution is 2.39. The Morgan fingerprint density at radius 3 is 1.98 bits per heavy atom. The highest BCUT2D eigenvalue weighted by atomic mass is 15.1. The second-order valence-corrected chi connectivity index (χ2v) is 13.1. The minimum Gasteiger partial charge on any atom is -0.299 e. The minimum atomic E-state index is 0.901. The number of pyridine rings is 1. The van der Waals surface area contributed by atoms with Crippen LogP contribution in [-0.4, -0.2) is 18.9 Å². The van der Waals surface area contributed by atoms with Crippen LogP contribution in [0.1, 0.15) is 0 Å². The number of fused-ring (bicyclic) bond motifs is 3. The molecular formula is C48H32N4. The lowest BCUT2D eigenvalue weighted by atomic mass is 9.92. The Labute approximate surface area is 301 Å². The van der Waals surface area contributed by atoms with Crippen molar-refractivity contribution >= 4 is 27.5 Å². The molecule has 0 N–H and O–H groups in total. The van der Waals surface area contributed by atoms with E-state index in [1.165, 1.54) is 16.3 Å². The van der Waals surface area contributed by atoms with Crippen LogP contribution in [0, 0.1) is 0 Å². The topological polar surface area (TPSA) is 35.1 Å². The van der Waals surface area contributed by atoms with E-state index in [4.69, 9.17) is 9.97 Å². The molecule has 52 heavy (non-hydrogen) atoms. The summed E-state index contributed by atoms with van der Waals surface area (Å²) in [6.07, 6.45) is 2.09. The van der Waals surface area contributed by atoms with Gasteiger partial charge in [-0.25, -0.2) is 9.97 Å². The van der Waals surface area contributed by atoms with Crippen molar-refractivity contribution in [3.05, 3.63) is 194 Å². The van der Waals surface area contributed by atoms with Crippen molar-refractivity contribution in [3.63, 3.8) is 0 Å². The van der Waals surface area contributed by atoms with Gasteiger partial charge in [0.2, 0.25) is 0 Å². The SMILES string of the molecule is c1ccc(-c2c(-c3cccc(-c4cc(-c5cccc6ccccc56)cc(-c5nc6ccccc6n5-c5ccccc5)c4)c3)nc3ccccn23)cc1. The monoisotopic (exact) mass is 664 g/mol. The second-order valence-electron chi connectivity index (χ2n) is 13.1. The van der Waals surface area contributed by atoms with Crippen molar-refractivity contribution in [2.75, 3.05) is 0 Å². The molecule has 0 saturated heterocycles. The van der Waals surface area contributed by atoms with E-state index < -0.39 is 0 Å². The molecule has 0 aliphatic carbocycles. The van der Waals surface area contributed by atoms with E-state index >= 15 is 0 Å². The van der Waals surface area contributed by atoms with Gasteiger partial charge in [0.25, 0.3) is 0 Å². The zero-order valence-corrected chi connectivity index (χ0v) is 28.3. The maximum Gasteiger partial charge on any atom is 0.145 e. The van der Waals surface area contributed by atoms with Gasteiger partial charge in [0.1, 0.15) is 11.5 Å². The predicted octanol–water partition coefficient (Wildman–Crippen LogP) is 12.2. The van der Waals surface area contributed by atoms with E-state index in [0.29, 0.717) is 0 Å². The second kappa shape index (κ2) is 12.4. The molecule has 3 heterocycles. The van der Waals surface area contributed by atoms with E-state index in [2.05, 4.69) is 197 Å². The first-order chi connectivity index (χ1) is 25.8. The third-order valence-corrected chi connectivity index (χ3v) is 9.91. The zero-order valence-electron chi connectivity index (χ0n) is 28.3. The predicted molar refractivity (Wildman–Crippen MR) is 215 cm³/mol. The first-order valence-corrected chi connectivity index (χ1v) is 17.6. The summed E-state index contributed by atoms with van der Waals surface area (Å²) in [5.74, 6) is 0.901. The van der Waals surface area contributed by atoms with Gasteiger partial charge in [-0.2, -0.15) is 0 Å². The number of aromatic nitrogens is 4. The van der Waals surface area contributed by atoms with Crippen LogP contribution in [0.5, 0.6) is 0 Å². The lowest BCUT2D eigenvalue weighted by Gasteiger charge is -2.15. The summed E-state index contributed by atoms with van der Waals surface area (Å²) in [6, 6.07) is 66.5. The van der Waals surface area contributed by atoms with Crippen LogP contribution in [-0.2, 0) is 0 Å². The molecule has 10 aromatic rings. The third-order valence-electron chi connectivity index (χ3n) is 9.91. The lowest BCUT2D eigenvalue weighted by Crippen LogP contribution is -1.98. The Bertz CT molecular complexity index is 2900. The number of para-hydroxylation sites is 3. The van der Waals surface area contributed by atoms with Crippen LogP contribution in [0.25, 0.3) is 89.3 Å². The quantitative estimate of drug-likeness (QED) is 0.177. The van der Waals surface area contributed by atoms with Gasteiger partial charge in [-0.05, 0) is 93.7 Å². The van der Waals surface area contributed by atoms with E-state index in [9.17, 15) is 0 Å². The number of benzene rings is 7. The van der Waals surface area contributed by atoms with Gasteiger partial charge in [0, 0.05) is 28.6 Å². The van der Waals surface area contributed by atoms with Crippen molar-refractivity contribution in [2.24, 2.45) is 0 Å². The molecule has 10 rings (SSSR count). The average molecular weight is 665 g/mol. The van der Waals surface area contributed by atoms with Crippen LogP contribution < -0.4 is 0 Å². The molecule has 4 nitrogen and oxygen atoms in total. The standard InChI is InChI=1S/C48H32N4/c1-3-16-34(17-4-1)47-46(50-45-27-11-12-28-51(45)47)36-20-13-19-35(29-36)37-30-38(42-24-14-18-33-15-7-8-23-41(33)42)32-39(31-37)48-49-43-25-9-10-26-44(43)52(48)40-21-5-2-6-22-40/h1-32H. The molecule has 244 valence electrons. The molecule has 0 unspecified atom stereocenters. The highest BCUT2D eigenvalue weighted by molar-refractivity contribution is 5.98. The highest BCUT2D eigenvalue weighted by Gasteiger charge is 2.19. The normalized spacial score (nSPS) is 11.5. The maximum atomic E-state index is 5.28. The molecule has 0 atom stereocenters. The molecule has 0 amide bonds. The summed E-state index contributed by atoms with van der Waals surface area (Å²) in [7, 11) is 0. The molecule has 7 aromatic carbocycles. The van der Waals surface area contributed by atoms with Crippen LogP contribution in [0.15, 0.2) is 194 Å². The number of nitrogens with zero attached hydrogens (tertiary/aromatic N) is 4. The Balaban J connectivity index is 1.22. The first kappa shape index (κ1) is 29.8. The Hall–Kier alpha value is -7.04. The van der Waals surface area contributed by atoms with Gasteiger partial charge in [0.15, 0.2) is 0 Å². The van der Waals surface area contributed by atoms with Crippen molar-refractivity contribution in [1.82, 2.24) is 18.9 Å². The Kier molecular flexibility index (Phi) is 7.10. The van der Waals surface area contributed by atoms with Crippen LogP contribution >= 0.6 is 0 Å². The fourth-order valence-electron chi connectivity index (χ4n) is 7.53. The smallest absolute Gasteiger partial charge is 0.145 e. The third kappa shape index (κ3) is 5.09. The molecule has 0 aliphatic rings. The van der Waals surface area contributed by atoms with E-state index in [1.54, 1.807) is 0 Å². The van der Waals surface area contributed by atoms with Crippen molar-refractivity contribution < 1.29 is 0 Å². The molecule has 3 aromatic heterocycles. The van der Waals surface area contributed by atoms with Gasteiger partial charge in [-0.1, -0.05) is 127 Å². The maximum absolute atomic E-state index is 5.28. The summed E-state index contributed by atoms with van der Waals surface area (Å²) in [5, 5.41) is 2.43. The van der Waals surface area contributed by atoms with Crippen molar-refractivity contribution in [2.45, 2.75) is 0 Å². The number of imidazole rings is 2. The summed E-state index contributed by atoms with van der Waals surface area (Å²) < 4.78 is 4.46. The summed E-state index contributed by atoms with van der Waals surface area (Å²) in [6.45, 7) is 0. The van der Waals surface area contributed by atoms with E-state index in [-0.39, 0.29) is 0 Å². The largest absolute Gasteiger partial charge is 0.299 e. The number of hydrogen-bond donors (Lipinski definition) is 0. The fourth-order valence-corrected chi connectivity index (χ4v) is 7.53. The number of rotatable bonds is 6. The molecule has 0 spiro atoms. The number of hydrogen-bond acceptors (Lipinski definition) is 2. The van der Waals surface area contributed by atoms with Crippen molar-refractivity contribution in [1.29, 1.82) is 0 Å². The van der Waals surface area contributed by atoms with Crippen LogP contribution in [0.2, 0.25) is 0 Å². The van der Waals surface area contributed by atoms with Crippen molar-refractivity contribution in [3.8, 4) is 61.8 Å². The molecule has 0 radical (unpaired) electrons. The van der Waals surface area contributed by atoms with Gasteiger partial charge >= 0.3 is 0 Å².